The van der Waals surface area contributed by atoms with Gasteiger partial charge < -0.3 is 5.32 Å². The number of nitrogens with zero attached hydrogens (tertiary/aromatic N) is 2. The zero-order chi connectivity index (χ0) is 17.0. The van der Waals surface area contributed by atoms with E-state index in [-0.39, 0.29) is 11.7 Å². The molecule has 0 unspecified atom stereocenters. The summed E-state index contributed by atoms with van der Waals surface area (Å²) in [6.45, 7) is 3.83. The molecule has 8 heteroatoms. The summed E-state index contributed by atoms with van der Waals surface area (Å²) in [5, 5.41) is 6.54. The van der Waals surface area contributed by atoms with Crippen LogP contribution in [0, 0.1) is 5.82 Å². The summed E-state index contributed by atoms with van der Waals surface area (Å²) in [7, 11) is 1.44. The molecule has 0 fully saturated rings. The van der Waals surface area contributed by atoms with Crippen molar-refractivity contribution in [2.75, 3.05) is 7.05 Å². The molecule has 23 heavy (non-hydrogen) atoms. The molecular weight excluding hydrogens is 301 g/mol. The number of nitrogens with one attached hydrogen (secondary N) is 3. The SMILES string of the molecule is CNC(=O)NNC(=O)c1cnn(-c2ccc(F)cc2)c1C(C)C. The van der Waals surface area contributed by atoms with Crippen molar-refractivity contribution < 1.29 is 14.0 Å². The van der Waals surface area contributed by atoms with Crippen LogP contribution in [0.5, 0.6) is 0 Å². The summed E-state index contributed by atoms with van der Waals surface area (Å²) < 4.78 is 14.6. The van der Waals surface area contributed by atoms with E-state index < -0.39 is 11.9 Å². The molecule has 1 aromatic carbocycles. The third-order valence-corrected chi connectivity index (χ3v) is 3.19. The molecule has 1 heterocycles. The van der Waals surface area contributed by atoms with Gasteiger partial charge in [-0.05, 0) is 30.2 Å². The van der Waals surface area contributed by atoms with Crippen LogP contribution in [0.3, 0.4) is 0 Å². The summed E-state index contributed by atoms with van der Waals surface area (Å²) in [6, 6.07) is 5.29. The molecule has 0 saturated heterocycles. The van der Waals surface area contributed by atoms with Crippen molar-refractivity contribution in [1.29, 1.82) is 0 Å². The van der Waals surface area contributed by atoms with Crippen molar-refractivity contribution in [3.05, 3.63) is 47.5 Å². The van der Waals surface area contributed by atoms with Gasteiger partial charge in [0.2, 0.25) is 0 Å². The van der Waals surface area contributed by atoms with E-state index in [1.54, 1.807) is 16.8 Å². The smallest absolute Gasteiger partial charge is 0.333 e. The molecule has 0 spiro atoms. The fourth-order valence-corrected chi connectivity index (χ4v) is 2.12. The molecule has 2 rings (SSSR count). The summed E-state index contributed by atoms with van der Waals surface area (Å²) in [4.78, 5) is 23.4. The van der Waals surface area contributed by atoms with Gasteiger partial charge >= 0.3 is 6.03 Å². The predicted molar refractivity (Wildman–Crippen MR) is 82.7 cm³/mol. The molecule has 0 atom stereocenters. The standard InChI is InChI=1S/C15H18FN5O2/c1-9(2)13-12(14(22)19-20-15(23)17-3)8-18-21(13)11-6-4-10(16)5-7-11/h4-9H,1-3H3,(H,19,22)(H2,17,20,23). The molecule has 1 aromatic heterocycles. The lowest BCUT2D eigenvalue weighted by atomic mass is 10.1. The summed E-state index contributed by atoms with van der Waals surface area (Å²) in [6.07, 6.45) is 1.42. The van der Waals surface area contributed by atoms with E-state index in [1.807, 2.05) is 13.8 Å². The number of aromatic nitrogens is 2. The summed E-state index contributed by atoms with van der Waals surface area (Å²) in [5.74, 6) is -0.839. The van der Waals surface area contributed by atoms with Crippen LogP contribution in [0.25, 0.3) is 5.69 Å². The molecule has 0 aliphatic heterocycles. The Bertz CT molecular complexity index is 709. The van der Waals surface area contributed by atoms with E-state index in [0.717, 1.165) is 0 Å². The van der Waals surface area contributed by atoms with Crippen LogP contribution < -0.4 is 16.2 Å². The van der Waals surface area contributed by atoms with Crippen molar-refractivity contribution in [2.24, 2.45) is 0 Å². The Hall–Kier alpha value is -2.90. The van der Waals surface area contributed by atoms with Crippen LogP contribution in [0.2, 0.25) is 0 Å². The highest BCUT2D eigenvalue weighted by Gasteiger charge is 2.21. The lowest BCUT2D eigenvalue weighted by molar-refractivity contribution is 0.0935. The second-order valence-electron chi connectivity index (χ2n) is 5.14. The third kappa shape index (κ3) is 3.65. The third-order valence-electron chi connectivity index (χ3n) is 3.19. The number of hydrazine groups is 1. The Labute approximate surface area is 132 Å². The van der Waals surface area contributed by atoms with Crippen molar-refractivity contribution in [2.45, 2.75) is 19.8 Å². The molecule has 2 aromatic rings. The number of halogens is 1. The molecule has 122 valence electrons. The monoisotopic (exact) mass is 319 g/mol. The first-order valence-electron chi connectivity index (χ1n) is 7.06. The molecule has 7 nitrogen and oxygen atoms in total. The maximum atomic E-state index is 13.1. The van der Waals surface area contributed by atoms with Gasteiger partial charge in [-0.1, -0.05) is 13.8 Å². The van der Waals surface area contributed by atoms with E-state index in [2.05, 4.69) is 21.3 Å². The second-order valence-corrected chi connectivity index (χ2v) is 5.14. The highest BCUT2D eigenvalue weighted by Crippen LogP contribution is 2.23. The minimum Gasteiger partial charge on any atom is -0.340 e. The van der Waals surface area contributed by atoms with Crippen molar-refractivity contribution in [3.8, 4) is 5.69 Å². The van der Waals surface area contributed by atoms with Crippen LogP contribution in [0.1, 0.15) is 35.8 Å². The number of carbonyl (C=O) groups excluding carboxylic acids is 2. The highest BCUT2D eigenvalue weighted by molar-refractivity contribution is 5.96. The van der Waals surface area contributed by atoms with Gasteiger partial charge in [0.1, 0.15) is 5.82 Å². The molecule has 3 N–H and O–H groups in total. The first-order chi connectivity index (χ1) is 10.9. The predicted octanol–water partition coefficient (Wildman–Crippen LogP) is 1.71. The van der Waals surface area contributed by atoms with Gasteiger partial charge in [0.15, 0.2) is 0 Å². The van der Waals surface area contributed by atoms with Gasteiger partial charge in [0, 0.05) is 7.05 Å². The van der Waals surface area contributed by atoms with E-state index in [4.69, 9.17) is 0 Å². The lowest BCUT2D eigenvalue weighted by Crippen LogP contribution is -2.46. The number of hydrogen-bond acceptors (Lipinski definition) is 3. The maximum Gasteiger partial charge on any atom is 0.333 e. The van der Waals surface area contributed by atoms with Crippen LogP contribution in [-0.2, 0) is 0 Å². The Balaban J connectivity index is 2.33. The minimum absolute atomic E-state index is 0.0108. The van der Waals surface area contributed by atoms with Gasteiger partial charge in [-0.3, -0.25) is 10.2 Å². The second kappa shape index (κ2) is 6.91. The van der Waals surface area contributed by atoms with E-state index in [9.17, 15) is 14.0 Å². The van der Waals surface area contributed by atoms with Gasteiger partial charge in [-0.2, -0.15) is 5.10 Å². The Morgan fingerprint density at radius 2 is 1.83 bits per heavy atom. The molecule has 0 aliphatic rings. The van der Waals surface area contributed by atoms with Gasteiger partial charge in [0.25, 0.3) is 5.91 Å². The van der Waals surface area contributed by atoms with Crippen LogP contribution >= 0.6 is 0 Å². The van der Waals surface area contributed by atoms with Crippen LogP contribution in [-0.4, -0.2) is 28.8 Å². The molecular formula is C15H18FN5O2. The summed E-state index contributed by atoms with van der Waals surface area (Å²) in [5.41, 5.74) is 6.16. The quantitative estimate of drug-likeness (QED) is 0.753. The number of carbonyl (C=O) groups is 2. The van der Waals surface area contributed by atoms with Gasteiger partial charge in [-0.15, -0.1) is 0 Å². The Kier molecular flexibility index (Phi) is 4.95. The Morgan fingerprint density at radius 3 is 2.39 bits per heavy atom. The maximum absolute atomic E-state index is 13.1. The molecule has 0 aliphatic carbocycles. The number of rotatable bonds is 3. The number of hydrogen-bond donors (Lipinski definition) is 3. The van der Waals surface area contributed by atoms with Crippen LogP contribution in [0.15, 0.2) is 30.5 Å². The summed E-state index contributed by atoms with van der Waals surface area (Å²) >= 11 is 0. The van der Waals surface area contributed by atoms with E-state index in [0.29, 0.717) is 16.9 Å². The fraction of sp³-hybridized carbons (Fsp3) is 0.267. The van der Waals surface area contributed by atoms with Crippen molar-refractivity contribution in [3.63, 3.8) is 0 Å². The molecule has 0 radical (unpaired) electrons. The Morgan fingerprint density at radius 1 is 1.17 bits per heavy atom. The van der Waals surface area contributed by atoms with Gasteiger partial charge in [-0.25, -0.2) is 19.3 Å². The first kappa shape index (κ1) is 16.5. The molecule has 3 amide bonds. The zero-order valence-electron chi connectivity index (χ0n) is 13.1. The van der Waals surface area contributed by atoms with Crippen molar-refractivity contribution in [1.82, 2.24) is 25.9 Å². The van der Waals surface area contributed by atoms with Crippen molar-refractivity contribution >= 4 is 11.9 Å². The minimum atomic E-state index is -0.532. The number of benzene rings is 1. The average molecular weight is 319 g/mol. The largest absolute Gasteiger partial charge is 0.340 e. The molecule has 0 bridgehead atoms. The topological polar surface area (TPSA) is 88.1 Å². The molecule has 0 saturated carbocycles. The van der Waals surface area contributed by atoms with E-state index in [1.165, 1.54) is 25.4 Å². The number of amides is 3. The normalized spacial score (nSPS) is 10.5. The lowest BCUT2D eigenvalue weighted by Gasteiger charge is -2.13. The fourth-order valence-electron chi connectivity index (χ4n) is 2.12. The average Bonchev–Trinajstić information content (AvgIpc) is 2.98. The van der Waals surface area contributed by atoms with E-state index >= 15 is 0 Å². The van der Waals surface area contributed by atoms with Crippen LogP contribution in [0.4, 0.5) is 9.18 Å². The zero-order valence-corrected chi connectivity index (χ0v) is 13.1. The van der Waals surface area contributed by atoms with Gasteiger partial charge in [0.05, 0.1) is 23.1 Å². The number of urea groups is 1. The first-order valence-corrected chi connectivity index (χ1v) is 7.06. The highest BCUT2D eigenvalue weighted by atomic mass is 19.1.